The second-order valence-electron chi connectivity index (χ2n) is 9.25. The summed E-state index contributed by atoms with van der Waals surface area (Å²) in [6, 6.07) is 18.8. The van der Waals surface area contributed by atoms with E-state index in [1.165, 1.54) is 11.1 Å². The van der Waals surface area contributed by atoms with Crippen LogP contribution in [0.25, 0.3) is 0 Å². The zero-order valence-corrected chi connectivity index (χ0v) is 20.3. The number of aromatic hydroxyl groups is 1. The Hall–Kier alpha value is -1.79. The Morgan fingerprint density at radius 2 is 1.78 bits per heavy atom. The number of halogens is 2. The van der Waals surface area contributed by atoms with Crippen LogP contribution in [0.1, 0.15) is 43.9 Å². The molecule has 2 aromatic carbocycles. The Morgan fingerprint density at radius 1 is 1.06 bits per heavy atom. The van der Waals surface area contributed by atoms with Crippen molar-refractivity contribution in [2.75, 3.05) is 26.2 Å². The zero-order valence-electron chi connectivity index (χ0n) is 18.7. The second-order valence-corrected chi connectivity index (χ2v) is 9.25. The van der Waals surface area contributed by atoms with Crippen molar-refractivity contribution in [3.8, 4) is 5.75 Å². The lowest BCUT2D eigenvalue weighted by molar-refractivity contribution is -0.138. The Balaban J connectivity index is 0.00000181. The van der Waals surface area contributed by atoms with Crippen LogP contribution >= 0.6 is 24.8 Å². The van der Waals surface area contributed by atoms with Gasteiger partial charge in [-0.25, -0.2) is 0 Å². The van der Waals surface area contributed by atoms with Gasteiger partial charge in [0.05, 0.1) is 6.42 Å². The van der Waals surface area contributed by atoms with Crippen molar-refractivity contribution in [3.63, 3.8) is 0 Å². The molecule has 2 aliphatic heterocycles. The van der Waals surface area contributed by atoms with Crippen LogP contribution in [0.4, 0.5) is 0 Å². The Morgan fingerprint density at radius 3 is 2.44 bits per heavy atom. The third kappa shape index (κ3) is 5.40. The molecule has 2 N–H and O–H groups in total. The van der Waals surface area contributed by atoms with Gasteiger partial charge in [0, 0.05) is 38.3 Å². The first-order valence-electron chi connectivity index (χ1n) is 10.9. The number of benzene rings is 2. The van der Waals surface area contributed by atoms with Gasteiger partial charge in [0.2, 0.25) is 0 Å². The summed E-state index contributed by atoms with van der Waals surface area (Å²) in [6.45, 7) is 8.00. The van der Waals surface area contributed by atoms with Crippen LogP contribution in [0.15, 0.2) is 54.6 Å². The van der Waals surface area contributed by atoms with E-state index in [4.69, 9.17) is 0 Å². The molecular formula is C25H34Cl2N2O3. The van der Waals surface area contributed by atoms with Gasteiger partial charge in [-0.2, -0.15) is 0 Å². The number of aliphatic carboxylic acids is 1. The molecule has 0 unspecified atom stereocenters. The van der Waals surface area contributed by atoms with E-state index >= 15 is 0 Å². The summed E-state index contributed by atoms with van der Waals surface area (Å²) in [5.74, 6) is 0.0304. The van der Waals surface area contributed by atoms with Gasteiger partial charge in [-0.05, 0) is 41.0 Å². The third-order valence-corrected chi connectivity index (χ3v) is 7.37. The minimum absolute atomic E-state index is 0. The number of hydrogen-bond acceptors (Lipinski definition) is 4. The van der Waals surface area contributed by atoms with Gasteiger partial charge in [0.25, 0.3) is 0 Å². The highest BCUT2D eigenvalue weighted by atomic mass is 35.5. The number of hydrogen-bond donors (Lipinski definition) is 2. The van der Waals surface area contributed by atoms with Crippen molar-refractivity contribution in [2.45, 2.75) is 44.2 Å². The van der Waals surface area contributed by atoms with Gasteiger partial charge in [-0.3, -0.25) is 14.6 Å². The highest BCUT2D eigenvalue weighted by Gasteiger charge is 2.46. The van der Waals surface area contributed by atoms with Gasteiger partial charge in [0.1, 0.15) is 5.75 Å². The second kappa shape index (κ2) is 10.9. The lowest BCUT2D eigenvalue weighted by Gasteiger charge is -2.55. The molecule has 2 aliphatic rings. The highest BCUT2D eigenvalue weighted by Crippen LogP contribution is 2.45. The third-order valence-electron chi connectivity index (χ3n) is 7.37. The number of nitrogens with zero attached hydrogens (tertiary/aromatic N) is 2. The number of carboxylic acids is 1. The van der Waals surface area contributed by atoms with Crippen LogP contribution < -0.4 is 0 Å². The SMILES string of the molecule is C[C@H]1CN2C[C@H](c3ccccc3)N(CCC(=O)O)C[C@H]2C[C@@]1(C)c1cccc(O)c1.Cl.Cl. The van der Waals surface area contributed by atoms with E-state index in [1.54, 1.807) is 6.07 Å². The van der Waals surface area contributed by atoms with Crippen LogP contribution in [0.2, 0.25) is 0 Å². The molecule has 2 fully saturated rings. The molecule has 4 atom stereocenters. The largest absolute Gasteiger partial charge is 0.508 e. The van der Waals surface area contributed by atoms with E-state index in [2.05, 4.69) is 54.0 Å². The van der Waals surface area contributed by atoms with Crippen molar-refractivity contribution in [2.24, 2.45) is 5.92 Å². The molecule has 32 heavy (non-hydrogen) atoms. The van der Waals surface area contributed by atoms with Gasteiger partial charge in [0.15, 0.2) is 0 Å². The molecule has 7 heteroatoms. The number of piperazine rings is 1. The smallest absolute Gasteiger partial charge is 0.304 e. The first-order valence-corrected chi connectivity index (χ1v) is 10.9. The maximum atomic E-state index is 11.3. The summed E-state index contributed by atoms with van der Waals surface area (Å²) in [5, 5.41) is 19.3. The Bertz CT molecular complexity index is 898. The van der Waals surface area contributed by atoms with Crippen molar-refractivity contribution in [1.29, 1.82) is 0 Å². The summed E-state index contributed by atoms with van der Waals surface area (Å²) < 4.78 is 0. The fraction of sp³-hybridized carbons (Fsp3) is 0.480. The normalized spacial score (nSPS) is 28.1. The van der Waals surface area contributed by atoms with Crippen LogP contribution in [-0.2, 0) is 10.2 Å². The van der Waals surface area contributed by atoms with Crippen molar-refractivity contribution in [1.82, 2.24) is 9.80 Å². The van der Waals surface area contributed by atoms with Crippen molar-refractivity contribution < 1.29 is 15.0 Å². The van der Waals surface area contributed by atoms with Crippen LogP contribution in [0, 0.1) is 5.92 Å². The predicted octanol–water partition coefficient (Wildman–Crippen LogP) is 4.74. The van der Waals surface area contributed by atoms with E-state index in [1.807, 2.05) is 18.2 Å². The standard InChI is InChI=1S/C25H32N2O3.2ClH/c1-18-15-27-17-23(19-7-4-3-5-8-19)26(12-11-24(29)30)16-21(27)14-25(18,2)20-9-6-10-22(28)13-20;;/h3-10,13,18,21,23,28H,11-12,14-17H2,1-2H3,(H,29,30);2*1H/t18-,21+,23+,25+;;/m0../s1. The van der Waals surface area contributed by atoms with Crippen LogP contribution in [0.5, 0.6) is 5.75 Å². The summed E-state index contributed by atoms with van der Waals surface area (Å²) in [6.07, 6.45) is 1.17. The molecule has 2 heterocycles. The lowest BCUT2D eigenvalue weighted by atomic mass is 9.65. The minimum Gasteiger partial charge on any atom is -0.508 e. The average Bonchev–Trinajstić information content (AvgIpc) is 2.73. The fourth-order valence-corrected chi connectivity index (χ4v) is 5.40. The molecule has 2 aromatic rings. The molecule has 2 saturated heterocycles. The maximum absolute atomic E-state index is 11.3. The maximum Gasteiger partial charge on any atom is 0.304 e. The van der Waals surface area contributed by atoms with E-state index in [9.17, 15) is 15.0 Å². The first-order chi connectivity index (χ1) is 14.4. The number of fused-ring (bicyclic) bond motifs is 1. The number of phenolic OH excluding ortho intramolecular Hbond substituents is 1. The molecule has 0 bridgehead atoms. The van der Waals surface area contributed by atoms with Crippen LogP contribution in [-0.4, -0.2) is 58.2 Å². The van der Waals surface area contributed by atoms with Gasteiger partial charge in [-0.1, -0.05) is 56.3 Å². The first kappa shape index (κ1) is 26.5. The molecule has 0 aromatic heterocycles. The monoisotopic (exact) mass is 480 g/mol. The van der Waals surface area contributed by atoms with Crippen molar-refractivity contribution in [3.05, 3.63) is 65.7 Å². The zero-order chi connectivity index (χ0) is 21.3. The number of piperidine rings is 1. The Kier molecular flexibility index (Phi) is 9.00. The number of carbonyl (C=O) groups is 1. The highest BCUT2D eigenvalue weighted by molar-refractivity contribution is 5.85. The number of rotatable bonds is 5. The predicted molar refractivity (Wildman–Crippen MR) is 132 cm³/mol. The topological polar surface area (TPSA) is 64.0 Å². The van der Waals surface area contributed by atoms with E-state index < -0.39 is 5.97 Å². The minimum atomic E-state index is -0.744. The summed E-state index contributed by atoms with van der Waals surface area (Å²) in [7, 11) is 0. The molecule has 4 rings (SSSR count). The van der Waals surface area contributed by atoms with Crippen molar-refractivity contribution >= 4 is 30.8 Å². The molecule has 0 aliphatic carbocycles. The molecular weight excluding hydrogens is 447 g/mol. The van der Waals surface area contributed by atoms with E-state index in [0.717, 1.165) is 26.1 Å². The number of phenols is 1. The van der Waals surface area contributed by atoms with E-state index in [-0.39, 0.29) is 42.7 Å². The summed E-state index contributed by atoms with van der Waals surface area (Å²) >= 11 is 0. The average molecular weight is 481 g/mol. The molecule has 0 amide bonds. The molecule has 0 spiro atoms. The van der Waals surface area contributed by atoms with Gasteiger partial charge < -0.3 is 10.2 Å². The molecule has 0 saturated carbocycles. The summed E-state index contributed by atoms with van der Waals surface area (Å²) in [4.78, 5) is 16.2. The summed E-state index contributed by atoms with van der Waals surface area (Å²) in [5.41, 5.74) is 2.44. The van der Waals surface area contributed by atoms with Gasteiger partial charge in [-0.15, -0.1) is 24.8 Å². The fourth-order valence-electron chi connectivity index (χ4n) is 5.40. The lowest BCUT2D eigenvalue weighted by Crippen LogP contribution is -2.61. The number of carboxylic acid groups (broad SMARTS) is 1. The Labute approximate surface area is 203 Å². The van der Waals surface area contributed by atoms with E-state index in [0.29, 0.717) is 24.3 Å². The van der Waals surface area contributed by atoms with Gasteiger partial charge >= 0.3 is 5.97 Å². The quantitative estimate of drug-likeness (QED) is 0.646. The van der Waals surface area contributed by atoms with Crippen LogP contribution in [0.3, 0.4) is 0 Å². The molecule has 176 valence electrons. The molecule has 5 nitrogen and oxygen atoms in total. The molecule has 0 radical (unpaired) electrons.